The van der Waals surface area contributed by atoms with E-state index in [1.165, 1.54) is 0 Å². The average Bonchev–Trinajstić information content (AvgIpc) is 3.16. The molecule has 2 spiro atoms. The fourth-order valence-electron chi connectivity index (χ4n) is 4.96. The molecule has 2 N–H and O–H groups in total. The Morgan fingerprint density at radius 1 is 1.07 bits per heavy atom. The van der Waals surface area contributed by atoms with Gasteiger partial charge in [0.1, 0.15) is 11.6 Å². The standard InChI is InChI=1S/C23H26N4O2/c1-14-10-17(13-25-12-14)16-4-5-20-19(11-16)23(26-15(2)21(24)27-23)22(29-20)8-6-18(28-3)7-9-22/h4-5,10-13,18H,6-9H2,1-3H3,(H2,24,27). The molecule has 150 valence electrons. The van der Waals surface area contributed by atoms with E-state index < -0.39 is 11.3 Å². The lowest BCUT2D eigenvalue weighted by Crippen LogP contribution is -2.52. The zero-order valence-corrected chi connectivity index (χ0v) is 17.1. The highest BCUT2D eigenvalue weighted by atomic mass is 16.5. The average molecular weight is 390 g/mol. The Kier molecular flexibility index (Phi) is 4.03. The van der Waals surface area contributed by atoms with Gasteiger partial charge in [0.15, 0.2) is 5.60 Å². The van der Waals surface area contributed by atoms with Gasteiger partial charge in [-0.15, -0.1) is 0 Å². The number of aliphatic imine (C=N–C) groups is 2. The predicted molar refractivity (Wildman–Crippen MR) is 113 cm³/mol. The lowest BCUT2D eigenvalue weighted by atomic mass is 9.73. The highest BCUT2D eigenvalue weighted by Crippen LogP contribution is 2.58. The lowest BCUT2D eigenvalue weighted by molar-refractivity contribution is -0.0521. The predicted octanol–water partition coefficient (Wildman–Crippen LogP) is 3.76. The summed E-state index contributed by atoms with van der Waals surface area (Å²) in [4.78, 5) is 14.3. The summed E-state index contributed by atoms with van der Waals surface area (Å²) in [5.41, 5.74) is 9.94. The van der Waals surface area contributed by atoms with Crippen LogP contribution in [0.1, 0.15) is 43.7 Å². The molecule has 5 rings (SSSR count). The van der Waals surface area contributed by atoms with Gasteiger partial charge in [0.25, 0.3) is 0 Å². The Morgan fingerprint density at radius 2 is 1.86 bits per heavy atom. The highest BCUT2D eigenvalue weighted by Gasteiger charge is 2.63. The molecule has 3 aliphatic rings. The number of aryl methyl sites for hydroxylation is 1. The Hall–Kier alpha value is -2.73. The number of ether oxygens (including phenoxy) is 2. The number of nitrogens with zero attached hydrogens (tertiary/aromatic N) is 3. The minimum atomic E-state index is -0.817. The zero-order valence-electron chi connectivity index (χ0n) is 17.1. The first-order chi connectivity index (χ1) is 14.0. The van der Waals surface area contributed by atoms with E-state index in [1.807, 2.05) is 32.3 Å². The number of rotatable bonds is 2. The van der Waals surface area contributed by atoms with Crippen LogP contribution in [-0.2, 0) is 10.4 Å². The van der Waals surface area contributed by atoms with Gasteiger partial charge < -0.3 is 15.2 Å². The molecule has 0 radical (unpaired) electrons. The normalized spacial score (nSPS) is 30.2. The van der Waals surface area contributed by atoms with Crippen molar-refractivity contribution in [2.24, 2.45) is 15.7 Å². The summed E-state index contributed by atoms with van der Waals surface area (Å²) in [6.45, 7) is 3.97. The first kappa shape index (κ1) is 18.3. The molecule has 1 atom stereocenters. The molecule has 1 saturated carbocycles. The second kappa shape index (κ2) is 6.39. The summed E-state index contributed by atoms with van der Waals surface area (Å²) in [5, 5.41) is 0. The first-order valence-electron chi connectivity index (χ1n) is 10.2. The van der Waals surface area contributed by atoms with Gasteiger partial charge in [0.2, 0.25) is 5.66 Å². The molecule has 2 aliphatic heterocycles. The highest BCUT2D eigenvalue weighted by molar-refractivity contribution is 6.41. The van der Waals surface area contributed by atoms with E-state index in [0.717, 1.165) is 59.4 Å². The number of hydrogen-bond acceptors (Lipinski definition) is 6. The molecule has 1 aromatic heterocycles. The Balaban J connectivity index is 1.65. The van der Waals surface area contributed by atoms with Gasteiger partial charge in [-0.05, 0) is 68.9 Å². The zero-order chi connectivity index (χ0) is 20.2. The minimum Gasteiger partial charge on any atom is -0.482 e. The molecule has 1 aromatic carbocycles. The van der Waals surface area contributed by atoms with Gasteiger partial charge in [-0.1, -0.05) is 6.07 Å². The van der Waals surface area contributed by atoms with Crippen LogP contribution in [0.3, 0.4) is 0 Å². The van der Waals surface area contributed by atoms with Crippen molar-refractivity contribution in [2.45, 2.75) is 56.9 Å². The van der Waals surface area contributed by atoms with Crippen molar-refractivity contribution in [3.8, 4) is 16.9 Å². The Morgan fingerprint density at radius 3 is 2.52 bits per heavy atom. The maximum absolute atomic E-state index is 6.64. The maximum Gasteiger partial charge on any atom is 0.221 e. The summed E-state index contributed by atoms with van der Waals surface area (Å²) in [5.74, 6) is 1.34. The van der Waals surface area contributed by atoms with Crippen LogP contribution in [0.4, 0.5) is 0 Å². The van der Waals surface area contributed by atoms with Crippen molar-refractivity contribution in [2.75, 3.05) is 7.11 Å². The SMILES string of the molecule is COC1CCC2(CC1)Oc1ccc(-c3cncc(C)c3)cc1C21N=C(C)C(N)=N1. The van der Waals surface area contributed by atoms with Crippen molar-refractivity contribution in [1.82, 2.24) is 4.98 Å². The number of benzene rings is 1. The summed E-state index contributed by atoms with van der Waals surface area (Å²) in [6, 6.07) is 8.42. The number of aromatic nitrogens is 1. The molecule has 1 fully saturated rings. The molecule has 0 bridgehead atoms. The molecule has 29 heavy (non-hydrogen) atoms. The second-order valence-electron chi connectivity index (χ2n) is 8.36. The number of hydrogen-bond donors (Lipinski definition) is 1. The summed E-state index contributed by atoms with van der Waals surface area (Å²) in [7, 11) is 1.78. The third kappa shape index (κ3) is 2.62. The molecular weight excluding hydrogens is 364 g/mol. The fourth-order valence-corrected chi connectivity index (χ4v) is 4.96. The fraction of sp³-hybridized carbons (Fsp3) is 0.435. The summed E-state index contributed by atoms with van der Waals surface area (Å²) in [6.07, 6.45) is 7.50. The monoisotopic (exact) mass is 390 g/mol. The number of methoxy groups -OCH3 is 1. The van der Waals surface area contributed by atoms with Crippen LogP contribution in [0.2, 0.25) is 0 Å². The van der Waals surface area contributed by atoms with Gasteiger partial charge in [-0.3, -0.25) is 4.98 Å². The summed E-state index contributed by atoms with van der Waals surface area (Å²) < 4.78 is 12.2. The molecule has 1 unspecified atom stereocenters. The van der Waals surface area contributed by atoms with Crippen molar-refractivity contribution in [1.29, 1.82) is 0 Å². The topological polar surface area (TPSA) is 82.1 Å². The van der Waals surface area contributed by atoms with Crippen LogP contribution in [0.5, 0.6) is 5.75 Å². The van der Waals surface area contributed by atoms with E-state index in [4.69, 9.17) is 25.2 Å². The van der Waals surface area contributed by atoms with Gasteiger partial charge in [0, 0.05) is 30.6 Å². The molecule has 6 nitrogen and oxygen atoms in total. The van der Waals surface area contributed by atoms with Gasteiger partial charge in [-0.25, -0.2) is 9.98 Å². The maximum atomic E-state index is 6.64. The van der Waals surface area contributed by atoms with Crippen LogP contribution in [0, 0.1) is 6.92 Å². The van der Waals surface area contributed by atoms with E-state index in [1.54, 1.807) is 7.11 Å². The van der Waals surface area contributed by atoms with E-state index in [0.29, 0.717) is 5.84 Å². The molecule has 6 heteroatoms. The van der Waals surface area contributed by atoms with E-state index in [9.17, 15) is 0 Å². The molecule has 3 heterocycles. The largest absolute Gasteiger partial charge is 0.482 e. The number of pyridine rings is 1. The third-order valence-corrected chi connectivity index (χ3v) is 6.56. The second-order valence-corrected chi connectivity index (χ2v) is 8.36. The molecule has 0 amide bonds. The summed E-state index contributed by atoms with van der Waals surface area (Å²) >= 11 is 0. The van der Waals surface area contributed by atoms with Crippen molar-refractivity contribution < 1.29 is 9.47 Å². The van der Waals surface area contributed by atoms with Crippen LogP contribution in [0.25, 0.3) is 11.1 Å². The quantitative estimate of drug-likeness (QED) is 0.846. The van der Waals surface area contributed by atoms with Crippen LogP contribution in [-0.4, -0.2) is 35.3 Å². The Bertz CT molecular complexity index is 1020. The van der Waals surface area contributed by atoms with E-state index >= 15 is 0 Å². The van der Waals surface area contributed by atoms with Crippen molar-refractivity contribution in [3.63, 3.8) is 0 Å². The molecule has 2 aromatic rings. The van der Waals surface area contributed by atoms with Crippen LogP contribution >= 0.6 is 0 Å². The smallest absolute Gasteiger partial charge is 0.221 e. The van der Waals surface area contributed by atoms with E-state index in [-0.39, 0.29) is 6.10 Å². The van der Waals surface area contributed by atoms with Crippen LogP contribution in [0.15, 0.2) is 46.6 Å². The van der Waals surface area contributed by atoms with Crippen molar-refractivity contribution in [3.05, 3.63) is 47.8 Å². The third-order valence-electron chi connectivity index (χ3n) is 6.56. The number of nitrogens with two attached hydrogens (primary N) is 1. The molecular formula is C23H26N4O2. The molecule has 1 aliphatic carbocycles. The van der Waals surface area contributed by atoms with Crippen LogP contribution < -0.4 is 10.5 Å². The minimum absolute atomic E-state index is 0.256. The van der Waals surface area contributed by atoms with Gasteiger partial charge >= 0.3 is 0 Å². The number of amidine groups is 1. The lowest BCUT2D eigenvalue weighted by Gasteiger charge is -2.42. The Labute approximate surface area is 170 Å². The first-order valence-corrected chi connectivity index (χ1v) is 10.2. The van der Waals surface area contributed by atoms with Gasteiger partial charge in [-0.2, -0.15) is 0 Å². The number of fused-ring (bicyclic) bond motifs is 3. The van der Waals surface area contributed by atoms with Gasteiger partial charge in [0.05, 0.1) is 11.8 Å². The molecule has 0 saturated heterocycles. The van der Waals surface area contributed by atoms with Crippen molar-refractivity contribution >= 4 is 11.5 Å². The van der Waals surface area contributed by atoms with E-state index in [2.05, 4.69) is 23.2 Å².